The zero-order chi connectivity index (χ0) is 17.8. The number of carbonyl (C=O) groups is 3. The SMILES string of the molecule is CNC(=O)c1cccc(CNC(=O)[C@@H]2Cc3ccccc3C(=O)O2)c1. The average Bonchev–Trinajstić information content (AvgIpc) is 2.65. The van der Waals surface area contributed by atoms with E-state index in [1.807, 2.05) is 18.2 Å². The van der Waals surface area contributed by atoms with E-state index in [1.165, 1.54) is 0 Å². The van der Waals surface area contributed by atoms with Crippen LogP contribution < -0.4 is 10.6 Å². The molecule has 2 aromatic carbocycles. The largest absolute Gasteiger partial charge is 0.448 e. The number of rotatable bonds is 4. The van der Waals surface area contributed by atoms with Gasteiger partial charge < -0.3 is 15.4 Å². The number of amides is 2. The molecule has 0 fully saturated rings. The van der Waals surface area contributed by atoms with Crippen molar-refractivity contribution in [2.24, 2.45) is 0 Å². The van der Waals surface area contributed by atoms with E-state index in [-0.39, 0.29) is 18.4 Å². The van der Waals surface area contributed by atoms with Gasteiger partial charge in [-0.3, -0.25) is 9.59 Å². The molecule has 0 saturated heterocycles. The molecule has 2 amide bonds. The minimum atomic E-state index is -0.843. The van der Waals surface area contributed by atoms with Crippen LogP contribution in [0.5, 0.6) is 0 Å². The summed E-state index contributed by atoms with van der Waals surface area (Å²) in [4.78, 5) is 36.0. The predicted molar refractivity (Wildman–Crippen MR) is 91.0 cm³/mol. The van der Waals surface area contributed by atoms with E-state index in [1.54, 1.807) is 37.4 Å². The van der Waals surface area contributed by atoms with Gasteiger partial charge in [-0.25, -0.2) is 4.79 Å². The molecule has 25 heavy (non-hydrogen) atoms. The average molecular weight is 338 g/mol. The number of fused-ring (bicyclic) bond motifs is 1. The highest BCUT2D eigenvalue weighted by atomic mass is 16.5. The van der Waals surface area contributed by atoms with Gasteiger partial charge in [0.1, 0.15) is 0 Å². The molecule has 1 aliphatic heterocycles. The fourth-order valence-electron chi connectivity index (χ4n) is 2.75. The Morgan fingerprint density at radius 2 is 1.96 bits per heavy atom. The first-order valence-corrected chi connectivity index (χ1v) is 7.96. The monoisotopic (exact) mass is 338 g/mol. The van der Waals surface area contributed by atoms with Crippen LogP contribution in [0.4, 0.5) is 0 Å². The van der Waals surface area contributed by atoms with Crippen molar-refractivity contribution < 1.29 is 19.1 Å². The van der Waals surface area contributed by atoms with Crippen LogP contribution in [-0.2, 0) is 22.5 Å². The van der Waals surface area contributed by atoms with Gasteiger partial charge in [0.25, 0.3) is 11.8 Å². The molecule has 1 aliphatic rings. The second kappa shape index (κ2) is 7.17. The summed E-state index contributed by atoms with van der Waals surface area (Å²) in [6.45, 7) is 0.249. The van der Waals surface area contributed by atoms with Crippen molar-refractivity contribution in [1.29, 1.82) is 0 Å². The Labute approximate surface area is 145 Å². The van der Waals surface area contributed by atoms with Crippen molar-refractivity contribution >= 4 is 17.8 Å². The lowest BCUT2D eigenvalue weighted by Gasteiger charge is -2.23. The molecule has 128 valence electrons. The Morgan fingerprint density at radius 3 is 2.76 bits per heavy atom. The first kappa shape index (κ1) is 16.7. The Hall–Kier alpha value is -3.15. The van der Waals surface area contributed by atoms with Crippen LogP contribution in [0.1, 0.15) is 31.8 Å². The third-order valence-corrected chi connectivity index (χ3v) is 4.07. The molecule has 0 saturated carbocycles. The van der Waals surface area contributed by atoms with Crippen molar-refractivity contribution in [3.05, 3.63) is 70.8 Å². The number of ether oxygens (including phenoxy) is 1. The van der Waals surface area contributed by atoms with Crippen LogP contribution >= 0.6 is 0 Å². The fraction of sp³-hybridized carbons (Fsp3) is 0.211. The van der Waals surface area contributed by atoms with Crippen LogP contribution in [0.2, 0.25) is 0 Å². The van der Waals surface area contributed by atoms with E-state index in [9.17, 15) is 14.4 Å². The zero-order valence-corrected chi connectivity index (χ0v) is 13.7. The van der Waals surface area contributed by atoms with Gasteiger partial charge in [0.15, 0.2) is 6.10 Å². The standard InChI is InChI=1S/C19H18N2O4/c1-20-17(22)14-7-4-5-12(9-14)11-21-18(23)16-10-13-6-2-3-8-15(13)19(24)25-16/h2-9,16H,10-11H2,1H3,(H,20,22)(H,21,23)/t16-/m0/s1. The first-order chi connectivity index (χ1) is 12.1. The van der Waals surface area contributed by atoms with Gasteiger partial charge in [-0.1, -0.05) is 30.3 Å². The molecule has 2 aromatic rings. The quantitative estimate of drug-likeness (QED) is 0.826. The molecule has 6 heteroatoms. The minimum Gasteiger partial charge on any atom is -0.448 e. The number of hydrogen-bond donors (Lipinski definition) is 2. The number of carbonyl (C=O) groups excluding carboxylic acids is 3. The Bertz CT molecular complexity index is 832. The van der Waals surface area contributed by atoms with Gasteiger partial charge in [0, 0.05) is 25.6 Å². The topological polar surface area (TPSA) is 84.5 Å². The Morgan fingerprint density at radius 1 is 1.16 bits per heavy atom. The molecule has 3 rings (SSSR count). The first-order valence-electron chi connectivity index (χ1n) is 7.96. The van der Waals surface area contributed by atoms with Gasteiger partial charge >= 0.3 is 5.97 Å². The van der Waals surface area contributed by atoms with Crippen LogP contribution in [0.3, 0.4) is 0 Å². The normalized spacial score (nSPS) is 15.7. The third-order valence-electron chi connectivity index (χ3n) is 4.07. The van der Waals surface area contributed by atoms with E-state index < -0.39 is 12.1 Å². The molecule has 2 N–H and O–H groups in total. The lowest BCUT2D eigenvalue weighted by molar-refractivity contribution is -0.130. The van der Waals surface area contributed by atoms with Crippen LogP contribution in [0, 0.1) is 0 Å². The summed E-state index contributed by atoms with van der Waals surface area (Å²) in [5, 5.41) is 5.31. The highest BCUT2D eigenvalue weighted by molar-refractivity contribution is 5.96. The zero-order valence-electron chi connectivity index (χ0n) is 13.7. The van der Waals surface area contributed by atoms with Gasteiger partial charge in [0.2, 0.25) is 0 Å². The molecule has 1 heterocycles. The van der Waals surface area contributed by atoms with Crippen molar-refractivity contribution in [2.45, 2.75) is 19.1 Å². The van der Waals surface area contributed by atoms with Gasteiger partial charge in [-0.15, -0.1) is 0 Å². The molecular weight excluding hydrogens is 320 g/mol. The molecular formula is C19H18N2O4. The van der Waals surface area contributed by atoms with E-state index in [0.717, 1.165) is 11.1 Å². The second-order valence-electron chi connectivity index (χ2n) is 5.75. The third kappa shape index (κ3) is 3.68. The molecule has 1 atom stereocenters. The van der Waals surface area contributed by atoms with E-state index in [4.69, 9.17) is 4.74 Å². The maximum atomic E-state index is 12.3. The molecule has 6 nitrogen and oxygen atoms in total. The Balaban J connectivity index is 1.64. The van der Waals surface area contributed by atoms with Crippen LogP contribution in [0.15, 0.2) is 48.5 Å². The smallest absolute Gasteiger partial charge is 0.339 e. The number of esters is 1. The summed E-state index contributed by atoms with van der Waals surface area (Å²) in [5.74, 6) is -1.03. The van der Waals surface area contributed by atoms with E-state index in [0.29, 0.717) is 17.5 Å². The number of nitrogens with one attached hydrogen (secondary N) is 2. The maximum absolute atomic E-state index is 12.3. The summed E-state index contributed by atoms with van der Waals surface area (Å²) in [6.07, 6.45) is -0.490. The lowest BCUT2D eigenvalue weighted by atomic mass is 9.98. The molecule has 0 unspecified atom stereocenters. The van der Waals surface area contributed by atoms with Gasteiger partial charge in [-0.05, 0) is 29.3 Å². The number of cyclic esters (lactones) is 1. The Kier molecular flexibility index (Phi) is 4.79. The summed E-state index contributed by atoms with van der Waals surface area (Å²) < 4.78 is 5.23. The molecule has 0 bridgehead atoms. The van der Waals surface area contributed by atoms with Gasteiger partial charge in [0.05, 0.1) is 5.56 Å². The minimum absolute atomic E-state index is 0.189. The second-order valence-corrected chi connectivity index (χ2v) is 5.75. The fourth-order valence-corrected chi connectivity index (χ4v) is 2.75. The highest BCUT2D eigenvalue weighted by Crippen LogP contribution is 2.20. The summed E-state index contributed by atoms with van der Waals surface area (Å²) in [6, 6.07) is 14.1. The van der Waals surface area contributed by atoms with E-state index in [2.05, 4.69) is 10.6 Å². The van der Waals surface area contributed by atoms with E-state index >= 15 is 0 Å². The number of hydrogen-bond acceptors (Lipinski definition) is 4. The highest BCUT2D eigenvalue weighted by Gasteiger charge is 2.30. The van der Waals surface area contributed by atoms with Crippen molar-refractivity contribution in [3.8, 4) is 0 Å². The lowest BCUT2D eigenvalue weighted by Crippen LogP contribution is -2.41. The molecule has 0 aliphatic carbocycles. The van der Waals surface area contributed by atoms with Crippen LogP contribution in [-0.4, -0.2) is 30.9 Å². The van der Waals surface area contributed by atoms with Gasteiger partial charge in [-0.2, -0.15) is 0 Å². The summed E-state index contributed by atoms with van der Waals surface area (Å²) in [7, 11) is 1.56. The molecule has 0 spiro atoms. The maximum Gasteiger partial charge on any atom is 0.339 e. The predicted octanol–water partition coefficient (Wildman–Crippen LogP) is 1.44. The van der Waals surface area contributed by atoms with Crippen molar-refractivity contribution in [2.75, 3.05) is 7.05 Å². The number of benzene rings is 2. The molecule has 0 radical (unpaired) electrons. The van der Waals surface area contributed by atoms with Crippen molar-refractivity contribution in [3.63, 3.8) is 0 Å². The molecule has 0 aromatic heterocycles. The van der Waals surface area contributed by atoms with Crippen molar-refractivity contribution in [1.82, 2.24) is 10.6 Å². The summed E-state index contributed by atoms with van der Waals surface area (Å²) >= 11 is 0. The summed E-state index contributed by atoms with van der Waals surface area (Å²) in [5.41, 5.74) is 2.62. The van der Waals surface area contributed by atoms with Crippen LogP contribution in [0.25, 0.3) is 0 Å².